The van der Waals surface area contributed by atoms with Crippen molar-refractivity contribution in [2.24, 2.45) is 0 Å². The van der Waals surface area contributed by atoms with E-state index in [2.05, 4.69) is 4.74 Å². The van der Waals surface area contributed by atoms with Crippen LogP contribution in [0.3, 0.4) is 0 Å². The maximum Gasteiger partial charge on any atom is 0.193 e. The van der Waals surface area contributed by atoms with Gasteiger partial charge in [-0.25, -0.2) is 0 Å². The van der Waals surface area contributed by atoms with Crippen molar-refractivity contribution in [3.8, 4) is 11.5 Å². The molecule has 0 bridgehead atoms. The van der Waals surface area contributed by atoms with Crippen LogP contribution in [0.1, 0.15) is 22.8 Å². The molecule has 25 heavy (non-hydrogen) atoms. The first-order valence-electron chi connectivity index (χ1n) is 8.46. The number of carbonyl (C=O) groups is 1. The summed E-state index contributed by atoms with van der Waals surface area (Å²) >= 11 is 0. The molecule has 0 aliphatic carbocycles. The van der Waals surface area contributed by atoms with E-state index < -0.39 is 0 Å². The fourth-order valence-electron chi connectivity index (χ4n) is 2.09. The van der Waals surface area contributed by atoms with Crippen molar-refractivity contribution in [3.63, 3.8) is 0 Å². The molecule has 2 aliphatic heterocycles. The lowest BCUT2D eigenvalue weighted by Gasteiger charge is -2.06. The van der Waals surface area contributed by atoms with Crippen LogP contribution in [0.25, 0.3) is 0 Å². The average Bonchev–Trinajstić information content (AvgIpc) is 3.53. The van der Waals surface area contributed by atoms with Crippen molar-refractivity contribution in [2.75, 3.05) is 33.0 Å². The smallest absolute Gasteiger partial charge is 0.193 e. The van der Waals surface area contributed by atoms with Gasteiger partial charge in [0, 0.05) is 11.1 Å². The summed E-state index contributed by atoms with van der Waals surface area (Å²) in [5.41, 5.74) is 1.28. The molecule has 0 aromatic heterocycles. The Hall–Kier alpha value is -2.37. The van der Waals surface area contributed by atoms with Gasteiger partial charge in [0.25, 0.3) is 0 Å². The lowest BCUT2D eigenvalue weighted by atomic mass is 10.0. The molecule has 2 aromatic rings. The van der Waals surface area contributed by atoms with Gasteiger partial charge in [0.2, 0.25) is 0 Å². The van der Waals surface area contributed by atoms with Crippen molar-refractivity contribution in [3.05, 3.63) is 59.7 Å². The minimum atomic E-state index is -0.0138. The molecule has 0 amide bonds. The van der Waals surface area contributed by atoms with Crippen LogP contribution in [0.2, 0.25) is 0 Å². The van der Waals surface area contributed by atoms with Crippen LogP contribution < -0.4 is 9.47 Å². The van der Waals surface area contributed by atoms with Crippen molar-refractivity contribution in [2.45, 2.75) is 13.0 Å². The molecule has 0 N–H and O–H groups in total. The molecule has 0 spiro atoms. The van der Waals surface area contributed by atoms with Gasteiger partial charge < -0.3 is 18.9 Å². The van der Waals surface area contributed by atoms with Crippen LogP contribution in [0, 0.1) is 0 Å². The lowest BCUT2D eigenvalue weighted by molar-refractivity contribution is 0.103. The van der Waals surface area contributed by atoms with E-state index in [0.29, 0.717) is 24.3 Å². The molecule has 2 aromatic carbocycles. The van der Waals surface area contributed by atoms with Gasteiger partial charge in [0.15, 0.2) is 5.78 Å². The van der Waals surface area contributed by atoms with E-state index in [1.165, 1.54) is 0 Å². The number of hydrogen-bond donors (Lipinski definition) is 0. The zero-order valence-corrected chi connectivity index (χ0v) is 14.3. The minimum absolute atomic E-state index is 0.0138. The highest BCUT2D eigenvalue weighted by atomic mass is 16.6. The Bertz CT molecular complexity index is 669. The summed E-state index contributed by atoms with van der Waals surface area (Å²) in [6.45, 7) is 5.87. The third-order valence-corrected chi connectivity index (χ3v) is 3.59. The Morgan fingerprint density at radius 3 is 1.84 bits per heavy atom. The van der Waals surface area contributed by atoms with E-state index >= 15 is 0 Å². The van der Waals surface area contributed by atoms with Crippen LogP contribution in [0.4, 0.5) is 0 Å². The van der Waals surface area contributed by atoms with Crippen LogP contribution in [-0.2, 0) is 9.47 Å². The standard InChI is InChI=1S/C18H18O4.C2H4O/c1-2-20-15-7-3-13(4-8-15)18(19)14-5-9-16(10-6-14)21-11-17-12-22-17;1-2-3-1/h3-10,17H,2,11-12H2,1H3;1-2H2. The monoisotopic (exact) mass is 342 g/mol. The molecule has 2 aliphatic rings. The molecule has 2 saturated heterocycles. The summed E-state index contributed by atoms with van der Waals surface area (Å²) < 4.78 is 20.5. The minimum Gasteiger partial charge on any atom is -0.494 e. The molecule has 0 radical (unpaired) electrons. The molecular formula is C20H22O5. The van der Waals surface area contributed by atoms with Gasteiger partial charge in [0.05, 0.1) is 26.4 Å². The van der Waals surface area contributed by atoms with Gasteiger partial charge in [-0.3, -0.25) is 4.79 Å². The number of hydrogen-bond acceptors (Lipinski definition) is 5. The Morgan fingerprint density at radius 1 is 0.960 bits per heavy atom. The van der Waals surface area contributed by atoms with Gasteiger partial charge in [0.1, 0.15) is 24.2 Å². The number of benzene rings is 2. The topological polar surface area (TPSA) is 60.6 Å². The van der Waals surface area contributed by atoms with Gasteiger partial charge >= 0.3 is 0 Å². The van der Waals surface area contributed by atoms with E-state index in [0.717, 1.165) is 31.3 Å². The summed E-state index contributed by atoms with van der Waals surface area (Å²) in [6, 6.07) is 14.4. The second-order valence-electron chi connectivity index (χ2n) is 5.69. The summed E-state index contributed by atoms with van der Waals surface area (Å²) in [4.78, 5) is 12.4. The average molecular weight is 342 g/mol. The Kier molecular flexibility index (Phi) is 6.04. The number of rotatable bonds is 7. The lowest BCUT2D eigenvalue weighted by Crippen LogP contribution is -2.05. The summed E-state index contributed by atoms with van der Waals surface area (Å²) in [7, 11) is 0. The normalized spacial score (nSPS) is 17.1. The maximum atomic E-state index is 12.4. The quantitative estimate of drug-likeness (QED) is 0.571. The molecular weight excluding hydrogens is 320 g/mol. The molecule has 4 rings (SSSR count). The largest absolute Gasteiger partial charge is 0.494 e. The highest BCUT2D eigenvalue weighted by Crippen LogP contribution is 2.19. The Balaban J connectivity index is 0.000000549. The van der Waals surface area contributed by atoms with Crippen molar-refractivity contribution < 1.29 is 23.7 Å². The van der Waals surface area contributed by atoms with Crippen LogP contribution in [0.5, 0.6) is 11.5 Å². The molecule has 132 valence electrons. The van der Waals surface area contributed by atoms with Crippen molar-refractivity contribution >= 4 is 5.78 Å². The van der Waals surface area contributed by atoms with Gasteiger partial charge in [-0.15, -0.1) is 0 Å². The van der Waals surface area contributed by atoms with Crippen LogP contribution in [-0.4, -0.2) is 44.9 Å². The fraction of sp³-hybridized carbons (Fsp3) is 0.350. The molecule has 5 nitrogen and oxygen atoms in total. The first-order valence-corrected chi connectivity index (χ1v) is 8.46. The molecule has 0 saturated carbocycles. The first kappa shape index (κ1) is 17.5. The SMILES string of the molecule is C1CO1.CCOc1ccc(C(=O)c2ccc(OCC3CO3)cc2)cc1. The van der Waals surface area contributed by atoms with E-state index in [9.17, 15) is 4.79 Å². The molecule has 1 unspecified atom stereocenters. The molecule has 5 heteroatoms. The van der Waals surface area contributed by atoms with E-state index in [1.54, 1.807) is 24.3 Å². The molecule has 2 fully saturated rings. The van der Waals surface area contributed by atoms with E-state index in [4.69, 9.17) is 14.2 Å². The second kappa shape index (κ2) is 8.65. The molecule has 2 heterocycles. The fourth-order valence-corrected chi connectivity index (χ4v) is 2.09. The highest BCUT2D eigenvalue weighted by Gasteiger charge is 2.23. The Morgan fingerprint density at radius 2 is 1.44 bits per heavy atom. The summed E-state index contributed by atoms with van der Waals surface area (Å²) in [6.07, 6.45) is 0.227. The van der Waals surface area contributed by atoms with Gasteiger partial charge in [-0.2, -0.15) is 0 Å². The van der Waals surface area contributed by atoms with E-state index in [-0.39, 0.29) is 11.9 Å². The van der Waals surface area contributed by atoms with Crippen LogP contribution >= 0.6 is 0 Å². The number of epoxide rings is 2. The summed E-state index contributed by atoms with van der Waals surface area (Å²) in [5, 5.41) is 0. The number of ketones is 1. The third kappa shape index (κ3) is 5.89. The zero-order valence-electron chi connectivity index (χ0n) is 14.3. The second-order valence-corrected chi connectivity index (χ2v) is 5.69. The van der Waals surface area contributed by atoms with Gasteiger partial charge in [-0.05, 0) is 55.5 Å². The third-order valence-electron chi connectivity index (χ3n) is 3.59. The number of ether oxygens (including phenoxy) is 4. The Labute approximate surface area is 147 Å². The van der Waals surface area contributed by atoms with Crippen molar-refractivity contribution in [1.29, 1.82) is 0 Å². The zero-order chi connectivity index (χ0) is 17.5. The van der Waals surface area contributed by atoms with Crippen LogP contribution in [0.15, 0.2) is 48.5 Å². The van der Waals surface area contributed by atoms with Gasteiger partial charge in [-0.1, -0.05) is 0 Å². The predicted molar refractivity (Wildman–Crippen MR) is 93.5 cm³/mol. The predicted octanol–water partition coefficient (Wildman–Crippen LogP) is 3.11. The maximum absolute atomic E-state index is 12.4. The number of carbonyl (C=O) groups excluding carboxylic acids is 1. The highest BCUT2D eigenvalue weighted by molar-refractivity contribution is 6.09. The van der Waals surface area contributed by atoms with E-state index in [1.807, 2.05) is 31.2 Å². The van der Waals surface area contributed by atoms with Crippen molar-refractivity contribution in [1.82, 2.24) is 0 Å². The summed E-state index contributed by atoms with van der Waals surface area (Å²) in [5.74, 6) is 1.50. The molecule has 1 atom stereocenters. The first-order chi connectivity index (χ1) is 12.3.